The average Bonchev–Trinajstić information content (AvgIpc) is 3.72. The highest BCUT2D eigenvalue weighted by Gasteiger charge is 2.26. The van der Waals surface area contributed by atoms with Gasteiger partial charge < -0.3 is 16.0 Å². The molecule has 0 saturated heterocycles. The van der Waals surface area contributed by atoms with Crippen molar-refractivity contribution in [2.45, 2.75) is 18.9 Å². The van der Waals surface area contributed by atoms with Crippen molar-refractivity contribution in [3.8, 4) is 22.9 Å². The molecule has 1 atom stereocenters. The minimum atomic E-state index is -0.249. The SMILES string of the molecule is Nc1ncccc1-c1nc2ccc(-n3cccn3)nc2n1-c1ccc2c(c1)CC[C@@H]2NC(=O)c1ccc(=O)[nH]c1. The summed E-state index contributed by atoms with van der Waals surface area (Å²) in [5.41, 5.74) is 11.6. The second kappa shape index (κ2) is 9.31. The van der Waals surface area contributed by atoms with Crippen molar-refractivity contribution < 1.29 is 4.79 Å². The first-order valence-electron chi connectivity index (χ1n) is 12.8. The van der Waals surface area contributed by atoms with E-state index < -0.39 is 0 Å². The van der Waals surface area contributed by atoms with E-state index in [0.717, 1.165) is 29.7 Å². The number of amides is 1. The molecule has 6 aromatic rings. The van der Waals surface area contributed by atoms with Gasteiger partial charge in [-0.05, 0) is 72.5 Å². The number of aryl methyl sites for hydroxylation is 1. The third kappa shape index (κ3) is 4.00. The van der Waals surface area contributed by atoms with E-state index in [4.69, 9.17) is 15.7 Å². The molecule has 1 aliphatic carbocycles. The molecule has 40 heavy (non-hydrogen) atoms. The van der Waals surface area contributed by atoms with Crippen molar-refractivity contribution >= 4 is 22.9 Å². The topological polar surface area (TPSA) is 149 Å². The molecule has 1 aliphatic rings. The second-order valence-corrected chi connectivity index (χ2v) is 9.56. The Balaban J connectivity index is 1.31. The fourth-order valence-corrected chi connectivity index (χ4v) is 5.20. The number of rotatable bonds is 5. The normalized spacial score (nSPS) is 14.3. The molecule has 11 nitrogen and oxygen atoms in total. The number of benzene rings is 1. The molecule has 0 saturated carbocycles. The van der Waals surface area contributed by atoms with Gasteiger partial charge >= 0.3 is 0 Å². The largest absolute Gasteiger partial charge is 0.383 e. The van der Waals surface area contributed by atoms with Gasteiger partial charge in [0.1, 0.15) is 11.3 Å². The van der Waals surface area contributed by atoms with E-state index in [1.165, 1.54) is 18.3 Å². The predicted octanol–water partition coefficient (Wildman–Crippen LogP) is 3.36. The first-order chi connectivity index (χ1) is 19.5. The van der Waals surface area contributed by atoms with Crippen LogP contribution < -0.4 is 16.6 Å². The van der Waals surface area contributed by atoms with Crippen molar-refractivity contribution in [2.75, 3.05) is 5.73 Å². The molecule has 1 amide bonds. The summed E-state index contributed by atoms with van der Waals surface area (Å²) in [4.78, 5) is 40.8. The van der Waals surface area contributed by atoms with E-state index in [-0.39, 0.29) is 17.5 Å². The zero-order valence-electron chi connectivity index (χ0n) is 21.2. The van der Waals surface area contributed by atoms with Crippen molar-refractivity contribution in [1.29, 1.82) is 0 Å². The van der Waals surface area contributed by atoms with Crippen LogP contribution in [0.15, 0.2) is 90.2 Å². The van der Waals surface area contributed by atoms with Gasteiger partial charge in [0.2, 0.25) is 5.56 Å². The zero-order chi connectivity index (χ0) is 27.2. The highest BCUT2D eigenvalue weighted by Crippen LogP contribution is 2.36. The molecule has 4 N–H and O–H groups in total. The Labute approximate surface area is 227 Å². The number of hydrogen-bond donors (Lipinski definition) is 3. The maximum Gasteiger partial charge on any atom is 0.253 e. The number of nitrogens with two attached hydrogens (primary N) is 1. The number of carbonyl (C=O) groups excluding carboxylic acids is 1. The summed E-state index contributed by atoms with van der Waals surface area (Å²) in [7, 11) is 0. The third-order valence-corrected chi connectivity index (χ3v) is 7.12. The number of fused-ring (bicyclic) bond motifs is 2. The van der Waals surface area contributed by atoms with Crippen LogP contribution in [0.5, 0.6) is 0 Å². The Bertz CT molecular complexity index is 1940. The van der Waals surface area contributed by atoms with Gasteiger partial charge in [-0.15, -0.1) is 0 Å². The van der Waals surface area contributed by atoms with Gasteiger partial charge in [-0.2, -0.15) is 5.10 Å². The van der Waals surface area contributed by atoms with Crippen LogP contribution in [-0.2, 0) is 6.42 Å². The summed E-state index contributed by atoms with van der Waals surface area (Å²) >= 11 is 0. The molecule has 196 valence electrons. The molecule has 0 fully saturated rings. The number of nitrogens with one attached hydrogen (secondary N) is 2. The van der Waals surface area contributed by atoms with Gasteiger partial charge in [-0.3, -0.25) is 14.2 Å². The van der Waals surface area contributed by atoms with E-state index in [0.29, 0.717) is 39.8 Å². The number of nitrogen functional groups attached to an aromatic ring is 1. The molecule has 0 unspecified atom stereocenters. The van der Waals surface area contributed by atoms with Gasteiger partial charge in [0.15, 0.2) is 17.3 Å². The number of H-pyrrole nitrogens is 1. The van der Waals surface area contributed by atoms with Gasteiger partial charge in [0.25, 0.3) is 5.91 Å². The van der Waals surface area contributed by atoms with Crippen molar-refractivity contribution in [2.24, 2.45) is 0 Å². The number of aromatic nitrogens is 7. The van der Waals surface area contributed by atoms with Crippen LogP contribution in [0.25, 0.3) is 34.1 Å². The van der Waals surface area contributed by atoms with Crippen molar-refractivity contribution in [3.63, 3.8) is 0 Å². The molecule has 0 spiro atoms. The van der Waals surface area contributed by atoms with E-state index in [1.807, 2.05) is 53.2 Å². The Morgan fingerprint density at radius 3 is 2.77 bits per heavy atom. The highest BCUT2D eigenvalue weighted by atomic mass is 16.2. The van der Waals surface area contributed by atoms with Crippen molar-refractivity contribution in [3.05, 3.63) is 112 Å². The molecule has 1 aromatic carbocycles. The quantitative estimate of drug-likeness (QED) is 0.310. The molecular weight excluding hydrogens is 506 g/mol. The molecule has 0 radical (unpaired) electrons. The fraction of sp³-hybridized carbons (Fsp3) is 0.103. The van der Waals surface area contributed by atoms with Crippen LogP contribution in [-0.4, -0.2) is 40.2 Å². The molecule has 11 heteroatoms. The predicted molar refractivity (Wildman–Crippen MR) is 149 cm³/mol. The van der Waals surface area contributed by atoms with Crippen LogP contribution in [0.2, 0.25) is 0 Å². The van der Waals surface area contributed by atoms with Crippen LogP contribution in [0, 0.1) is 0 Å². The summed E-state index contributed by atoms with van der Waals surface area (Å²) in [5.74, 6) is 1.43. The van der Waals surface area contributed by atoms with Crippen LogP contribution in [0.4, 0.5) is 5.82 Å². The molecule has 5 heterocycles. The number of carbonyl (C=O) groups is 1. The van der Waals surface area contributed by atoms with Gasteiger partial charge in [-0.25, -0.2) is 19.6 Å². The average molecular weight is 530 g/mol. The van der Waals surface area contributed by atoms with E-state index in [2.05, 4.69) is 26.4 Å². The molecule has 5 aromatic heterocycles. The number of pyridine rings is 3. The van der Waals surface area contributed by atoms with Gasteiger partial charge in [0.05, 0.1) is 17.2 Å². The smallest absolute Gasteiger partial charge is 0.253 e. The van der Waals surface area contributed by atoms with Crippen molar-refractivity contribution in [1.82, 2.24) is 39.6 Å². The number of nitrogens with zero attached hydrogens (tertiary/aromatic N) is 6. The Morgan fingerprint density at radius 2 is 1.98 bits per heavy atom. The number of anilines is 1. The lowest BCUT2D eigenvalue weighted by atomic mass is 10.1. The minimum Gasteiger partial charge on any atom is -0.383 e. The van der Waals surface area contributed by atoms with Crippen LogP contribution in [0.1, 0.15) is 33.9 Å². The summed E-state index contributed by atoms with van der Waals surface area (Å²) in [6.07, 6.45) is 8.18. The first-order valence-corrected chi connectivity index (χ1v) is 12.8. The summed E-state index contributed by atoms with van der Waals surface area (Å²) in [5, 5.41) is 7.42. The molecule has 0 aliphatic heterocycles. The lowest BCUT2D eigenvalue weighted by Crippen LogP contribution is -2.27. The standard InChI is InChI=1S/C29H23N9O2/c30-26-21(3-1-12-31-26)27-34-23-9-10-24(37-14-2-13-33-37)36-28(23)38(27)19-6-7-20-17(15-19)4-8-22(20)35-29(40)18-5-11-25(39)32-16-18/h1-3,5-7,9-16,22H,4,8H2,(H2,30,31)(H,32,39)(H,35,40)/t22-/m0/s1. The van der Waals surface area contributed by atoms with E-state index in [1.54, 1.807) is 17.1 Å². The molecular formula is C29H23N9O2. The zero-order valence-corrected chi connectivity index (χ0v) is 21.2. The summed E-state index contributed by atoms with van der Waals surface area (Å²) in [6, 6.07) is 18.2. The number of aromatic amines is 1. The maximum absolute atomic E-state index is 12.8. The summed E-state index contributed by atoms with van der Waals surface area (Å²) in [6.45, 7) is 0. The Hall–Kier alpha value is -5.58. The highest BCUT2D eigenvalue weighted by molar-refractivity contribution is 5.94. The Kier molecular flexibility index (Phi) is 5.48. The lowest BCUT2D eigenvalue weighted by Gasteiger charge is -2.16. The molecule has 7 rings (SSSR count). The van der Waals surface area contributed by atoms with E-state index in [9.17, 15) is 9.59 Å². The number of hydrogen-bond acceptors (Lipinski definition) is 7. The second-order valence-electron chi connectivity index (χ2n) is 9.56. The monoisotopic (exact) mass is 529 g/mol. The number of imidazole rings is 1. The van der Waals surface area contributed by atoms with Gasteiger partial charge in [0, 0.05) is 36.5 Å². The molecule has 0 bridgehead atoms. The van der Waals surface area contributed by atoms with Crippen LogP contribution >= 0.6 is 0 Å². The van der Waals surface area contributed by atoms with Crippen LogP contribution in [0.3, 0.4) is 0 Å². The van der Waals surface area contributed by atoms with Gasteiger partial charge in [-0.1, -0.05) is 6.07 Å². The first kappa shape index (κ1) is 23.5. The lowest BCUT2D eigenvalue weighted by molar-refractivity contribution is 0.0936. The Morgan fingerprint density at radius 1 is 1.05 bits per heavy atom. The minimum absolute atomic E-state index is 0.138. The maximum atomic E-state index is 12.8. The summed E-state index contributed by atoms with van der Waals surface area (Å²) < 4.78 is 3.69. The fourth-order valence-electron chi connectivity index (χ4n) is 5.20. The van der Waals surface area contributed by atoms with E-state index >= 15 is 0 Å². The third-order valence-electron chi connectivity index (χ3n) is 7.12.